The summed E-state index contributed by atoms with van der Waals surface area (Å²) in [5, 5.41) is 10.7. The van der Waals surface area contributed by atoms with E-state index in [1.54, 1.807) is 6.92 Å². The Hall–Kier alpha value is -1.88. The highest BCUT2D eigenvalue weighted by molar-refractivity contribution is 5.78. The number of carbonyl (C=O) groups excluding carboxylic acids is 2. The second-order valence-electron chi connectivity index (χ2n) is 7.44. The van der Waals surface area contributed by atoms with Gasteiger partial charge in [-0.2, -0.15) is 0 Å². The van der Waals surface area contributed by atoms with Crippen molar-refractivity contribution in [1.82, 2.24) is 9.80 Å². The van der Waals surface area contributed by atoms with Crippen LogP contribution < -0.4 is 0 Å². The van der Waals surface area contributed by atoms with Crippen LogP contribution in [0.2, 0.25) is 0 Å². The van der Waals surface area contributed by atoms with Crippen molar-refractivity contribution in [2.45, 2.75) is 57.1 Å². The predicted octanol–water partition coefficient (Wildman–Crippen LogP) is 2.50. The van der Waals surface area contributed by atoms with Crippen LogP contribution in [0.25, 0.3) is 0 Å². The molecule has 25 heavy (non-hydrogen) atoms. The first-order valence-corrected chi connectivity index (χ1v) is 9.31. The van der Waals surface area contributed by atoms with Gasteiger partial charge >= 0.3 is 0 Å². The van der Waals surface area contributed by atoms with Crippen LogP contribution in [0, 0.1) is 0 Å². The number of hydrogen-bond donors (Lipinski definition) is 1. The van der Waals surface area contributed by atoms with Gasteiger partial charge in [-0.3, -0.25) is 9.59 Å². The van der Waals surface area contributed by atoms with E-state index in [-0.39, 0.29) is 24.3 Å². The van der Waals surface area contributed by atoms with Gasteiger partial charge in [-0.1, -0.05) is 49.6 Å². The Bertz CT molecular complexity index is 611. The van der Waals surface area contributed by atoms with Crippen molar-refractivity contribution < 1.29 is 14.7 Å². The van der Waals surface area contributed by atoms with Crippen molar-refractivity contribution in [2.75, 3.05) is 19.6 Å². The van der Waals surface area contributed by atoms with E-state index in [0.29, 0.717) is 32.5 Å². The van der Waals surface area contributed by atoms with Gasteiger partial charge in [0.2, 0.25) is 11.8 Å². The minimum absolute atomic E-state index is 0.00790. The summed E-state index contributed by atoms with van der Waals surface area (Å²) >= 11 is 0. The molecule has 3 rings (SSSR count). The molecular weight excluding hydrogens is 316 g/mol. The fourth-order valence-electron chi connectivity index (χ4n) is 4.13. The van der Waals surface area contributed by atoms with Gasteiger partial charge in [0, 0.05) is 26.6 Å². The van der Waals surface area contributed by atoms with Gasteiger partial charge in [-0.05, 0) is 18.4 Å². The molecule has 0 unspecified atom stereocenters. The minimum atomic E-state index is -0.838. The molecule has 1 aliphatic heterocycles. The lowest BCUT2D eigenvalue weighted by Crippen LogP contribution is -2.53. The zero-order valence-electron chi connectivity index (χ0n) is 15.0. The highest BCUT2D eigenvalue weighted by atomic mass is 16.3. The van der Waals surface area contributed by atoms with Gasteiger partial charge in [-0.15, -0.1) is 0 Å². The smallest absolute Gasteiger partial charge is 0.225 e. The summed E-state index contributed by atoms with van der Waals surface area (Å²) in [5.41, 5.74) is 0.210. The second-order valence-corrected chi connectivity index (χ2v) is 7.44. The van der Waals surface area contributed by atoms with Crippen molar-refractivity contribution in [2.24, 2.45) is 0 Å². The van der Waals surface area contributed by atoms with Crippen molar-refractivity contribution in [3.8, 4) is 0 Å². The minimum Gasteiger partial charge on any atom is -0.389 e. The maximum absolute atomic E-state index is 12.8. The van der Waals surface area contributed by atoms with E-state index in [0.717, 1.165) is 24.8 Å². The molecule has 1 aromatic rings. The van der Waals surface area contributed by atoms with E-state index in [4.69, 9.17) is 0 Å². The molecule has 0 aromatic heterocycles. The highest BCUT2D eigenvalue weighted by Crippen LogP contribution is 2.32. The number of benzene rings is 1. The second kappa shape index (κ2) is 7.56. The Morgan fingerprint density at radius 1 is 1.12 bits per heavy atom. The number of carbonyl (C=O) groups is 2. The fraction of sp³-hybridized carbons (Fsp3) is 0.600. The number of piperazine rings is 1. The molecule has 1 N–H and O–H groups in total. The average Bonchev–Trinajstić information content (AvgIpc) is 2.62. The molecule has 0 spiro atoms. The standard InChI is InChI=1S/C20H28N2O3/c1-16(23)22-13-12-21(15-18(22)17-8-4-2-5-9-17)19(24)14-20(25)10-6-3-7-11-20/h2,4-5,8-9,18,25H,3,6-7,10-15H2,1H3/t18-/m0/s1. The van der Waals surface area contributed by atoms with E-state index in [2.05, 4.69) is 0 Å². The molecule has 2 aliphatic rings. The van der Waals surface area contributed by atoms with Gasteiger partial charge in [0.1, 0.15) is 0 Å². The monoisotopic (exact) mass is 344 g/mol. The van der Waals surface area contributed by atoms with Crippen LogP contribution in [0.4, 0.5) is 0 Å². The Morgan fingerprint density at radius 2 is 1.80 bits per heavy atom. The van der Waals surface area contributed by atoms with E-state index in [1.807, 2.05) is 40.1 Å². The van der Waals surface area contributed by atoms with Crippen LogP contribution in [0.1, 0.15) is 57.1 Å². The zero-order chi connectivity index (χ0) is 17.9. The largest absolute Gasteiger partial charge is 0.389 e. The molecule has 1 aliphatic carbocycles. The number of hydrogen-bond acceptors (Lipinski definition) is 3. The third-order valence-electron chi connectivity index (χ3n) is 5.59. The Labute approximate surface area is 149 Å². The normalized spacial score (nSPS) is 23.4. The summed E-state index contributed by atoms with van der Waals surface area (Å²) in [4.78, 5) is 28.5. The number of rotatable bonds is 3. The zero-order valence-corrected chi connectivity index (χ0v) is 15.0. The van der Waals surface area contributed by atoms with Crippen LogP contribution in [-0.2, 0) is 9.59 Å². The summed E-state index contributed by atoms with van der Waals surface area (Å²) in [5.74, 6) is 0.0420. The summed E-state index contributed by atoms with van der Waals surface area (Å²) in [7, 11) is 0. The van der Waals surface area contributed by atoms with E-state index in [9.17, 15) is 14.7 Å². The molecule has 0 bridgehead atoms. The maximum atomic E-state index is 12.8. The SMILES string of the molecule is CC(=O)N1CCN(C(=O)CC2(O)CCCCC2)C[C@H]1c1ccccc1. The highest BCUT2D eigenvalue weighted by Gasteiger charge is 2.36. The lowest BCUT2D eigenvalue weighted by molar-refractivity contribution is -0.146. The topological polar surface area (TPSA) is 60.9 Å². The molecule has 2 fully saturated rings. The lowest BCUT2D eigenvalue weighted by atomic mass is 9.82. The Balaban J connectivity index is 1.71. The predicted molar refractivity (Wildman–Crippen MR) is 95.8 cm³/mol. The van der Waals surface area contributed by atoms with Crippen molar-refractivity contribution in [1.29, 1.82) is 0 Å². The van der Waals surface area contributed by atoms with Gasteiger partial charge in [-0.25, -0.2) is 0 Å². The number of aliphatic hydroxyl groups is 1. The number of amides is 2. The third kappa shape index (κ3) is 4.21. The van der Waals surface area contributed by atoms with Gasteiger partial charge in [0.25, 0.3) is 0 Å². The molecule has 2 amide bonds. The average molecular weight is 344 g/mol. The summed E-state index contributed by atoms with van der Waals surface area (Å²) < 4.78 is 0. The first kappa shape index (κ1) is 17.9. The Morgan fingerprint density at radius 3 is 2.44 bits per heavy atom. The summed E-state index contributed by atoms with van der Waals surface area (Å²) in [6.45, 7) is 3.16. The molecule has 1 heterocycles. The molecule has 1 atom stereocenters. The molecule has 5 nitrogen and oxygen atoms in total. The molecule has 1 saturated heterocycles. The van der Waals surface area contributed by atoms with Crippen molar-refractivity contribution in [3.63, 3.8) is 0 Å². The first-order valence-electron chi connectivity index (χ1n) is 9.31. The first-order chi connectivity index (χ1) is 12.0. The molecule has 0 radical (unpaired) electrons. The van der Waals surface area contributed by atoms with Crippen molar-refractivity contribution in [3.05, 3.63) is 35.9 Å². The van der Waals surface area contributed by atoms with Crippen LogP contribution in [0.5, 0.6) is 0 Å². The quantitative estimate of drug-likeness (QED) is 0.916. The fourth-order valence-corrected chi connectivity index (χ4v) is 4.13. The van der Waals surface area contributed by atoms with Crippen LogP contribution in [0.3, 0.4) is 0 Å². The summed E-state index contributed by atoms with van der Waals surface area (Å²) in [6.07, 6.45) is 4.77. The van der Waals surface area contributed by atoms with Gasteiger partial charge in [0.05, 0.1) is 18.1 Å². The lowest BCUT2D eigenvalue weighted by Gasteiger charge is -2.42. The van der Waals surface area contributed by atoms with E-state index >= 15 is 0 Å². The van der Waals surface area contributed by atoms with E-state index < -0.39 is 5.60 Å². The van der Waals surface area contributed by atoms with Gasteiger partial charge in [0.15, 0.2) is 0 Å². The van der Waals surface area contributed by atoms with E-state index in [1.165, 1.54) is 0 Å². The number of nitrogens with zero attached hydrogens (tertiary/aromatic N) is 2. The third-order valence-corrected chi connectivity index (χ3v) is 5.59. The molecule has 1 saturated carbocycles. The maximum Gasteiger partial charge on any atom is 0.225 e. The molecule has 5 heteroatoms. The van der Waals surface area contributed by atoms with Gasteiger partial charge < -0.3 is 14.9 Å². The Kier molecular flexibility index (Phi) is 5.42. The molecular formula is C20H28N2O3. The van der Waals surface area contributed by atoms with Crippen LogP contribution in [0.15, 0.2) is 30.3 Å². The molecule has 136 valence electrons. The summed E-state index contributed by atoms with van der Waals surface area (Å²) in [6, 6.07) is 9.76. The van der Waals surface area contributed by atoms with Crippen molar-refractivity contribution >= 4 is 11.8 Å². The van der Waals surface area contributed by atoms with Crippen LogP contribution in [-0.4, -0.2) is 52.0 Å². The molecule has 1 aromatic carbocycles. The van der Waals surface area contributed by atoms with Crippen LogP contribution >= 0.6 is 0 Å².